The molecule has 0 aliphatic rings. The Balaban J connectivity index is 2.93. The van der Waals surface area contributed by atoms with Crippen LogP contribution in [-0.4, -0.2) is 27.6 Å². The number of aromatic nitrogens is 1. The molecule has 1 heterocycles. The zero-order valence-corrected chi connectivity index (χ0v) is 13.8. The van der Waals surface area contributed by atoms with Crippen molar-refractivity contribution < 1.29 is 14.7 Å². The highest BCUT2D eigenvalue weighted by Crippen LogP contribution is 2.23. The van der Waals surface area contributed by atoms with Crippen LogP contribution in [0.1, 0.15) is 44.6 Å². The number of amides is 1. The lowest BCUT2D eigenvalue weighted by Gasteiger charge is -2.30. The second-order valence-electron chi connectivity index (χ2n) is 5.82. The number of carboxylic acid groups (broad SMARTS) is 1. The number of halogens is 1. The summed E-state index contributed by atoms with van der Waals surface area (Å²) in [6.07, 6.45) is 1.74. The topological polar surface area (TPSA) is 71.3 Å². The predicted molar refractivity (Wildman–Crippen MR) is 80.8 cm³/mol. The van der Waals surface area contributed by atoms with Crippen molar-refractivity contribution >= 4 is 27.8 Å². The molecule has 1 amide bonds. The second-order valence-corrected chi connectivity index (χ2v) is 6.74. The molecule has 20 heavy (non-hydrogen) atoms. The van der Waals surface area contributed by atoms with Gasteiger partial charge in [-0.3, -0.25) is 9.59 Å². The minimum absolute atomic E-state index is 0.0940. The lowest BCUT2D eigenvalue weighted by Crippen LogP contribution is -2.45. The number of carboxylic acids is 1. The van der Waals surface area contributed by atoms with Crippen molar-refractivity contribution in [2.75, 3.05) is 0 Å². The number of carbonyl (C=O) groups excluding carboxylic acids is 1. The molecule has 0 aromatic carbocycles. The molecule has 1 aromatic rings. The van der Waals surface area contributed by atoms with Crippen molar-refractivity contribution in [3.05, 3.63) is 22.4 Å². The lowest BCUT2D eigenvalue weighted by atomic mass is 9.84. The third kappa shape index (κ3) is 4.37. The Bertz CT molecular complexity index is 503. The molecule has 6 heteroatoms. The Morgan fingerprint density at radius 2 is 2.05 bits per heavy atom. The largest absolute Gasteiger partial charge is 0.481 e. The van der Waals surface area contributed by atoms with E-state index in [1.54, 1.807) is 6.07 Å². The van der Waals surface area contributed by atoms with Gasteiger partial charge >= 0.3 is 5.97 Å². The van der Waals surface area contributed by atoms with Crippen LogP contribution in [0, 0.1) is 5.41 Å². The van der Waals surface area contributed by atoms with E-state index in [2.05, 4.69) is 21.2 Å². The lowest BCUT2D eigenvalue weighted by molar-refractivity contribution is -0.138. The molecule has 1 rings (SSSR count). The van der Waals surface area contributed by atoms with Crippen LogP contribution in [0.5, 0.6) is 0 Å². The van der Waals surface area contributed by atoms with Crippen LogP contribution in [0.2, 0.25) is 0 Å². The number of rotatable bonds is 5. The summed E-state index contributed by atoms with van der Waals surface area (Å²) in [5.74, 6) is -1.17. The molecule has 0 aliphatic carbocycles. The summed E-state index contributed by atoms with van der Waals surface area (Å²) in [4.78, 5) is 23.3. The van der Waals surface area contributed by atoms with Crippen LogP contribution < -0.4 is 5.32 Å². The quantitative estimate of drug-likeness (QED) is 0.862. The molecule has 0 bridgehead atoms. The van der Waals surface area contributed by atoms with E-state index < -0.39 is 12.0 Å². The Hall–Kier alpha value is -1.30. The van der Waals surface area contributed by atoms with E-state index in [1.165, 1.54) is 0 Å². The number of nitrogens with zero attached hydrogens (tertiary/aromatic N) is 1. The second kappa shape index (κ2) is 6.43. The molecular weight excluding hydrogens is 324 g/mol. The summed E-state index contributed by atoms with van der Waals surface area (Å²) in [5, 5.41) is 11.8. The molecule has 2 N–H and O–H groups in total. The summed E-state index contributed by atoms with van der Waals surface area (Å²) in [6.45, 7) is 8.36. The third-order valence-electron chi connectivity index (χ3n) is 3.17. The SMILES string of the molecule is CCn1cc(Br)cc1C(=O)NC(CC(=O)O)C(C)(C)C. The number of aryl methyl sites for hydroxylation is 1. The first-order valence-electron chi connectivity index (χ1n) is 6.53. The van der Waals surface area contributed by atoms with E-state index in [1.807, 2.05) is 38.5 Å². The highest BCUT2D eigenvalue weighted by molar-refractivity contribution is 9.10. The van der Waals surface area contributed by atoms with Crippen LogP contribution in [0.15, 0.2) is 16.7 Å². The molecular formula is C14H21BrN2O3. The number of aliphatic carboxylic acids is 1. The maximum atomic E-state index is 12.3. The fraction of sp³-hybridized carbons (Fsp3) is 0.571. The number of hydrogen-bond acceptors (Lipinski definition) is 2. The summed E-state index contributed by atoms with van der Waals surface area (Å²) in [7, 11) is 0. The van der Waals surface area contributed by atoms with Gasteiger partial charge in [0.25, 0.3) is 5.91 Å². The average Bonchev–Trinajstić information content (AvgIpc) is 2.67. The van der Waals surface area contributed by atoms with E-state index >= 15 is 0 Å². The smallest absolute Gasteiger partial charge is 0.305 e. The molecule has 112 valence electrons. The molecule has 0 aliphatic heterocycles. The van der Waals surface area contributed by atoms with Crippen LogP contribution in [0.25, 0.3) is 0 Å². The van der Waals surface area contributed by atoms with Gasteiger partial charge in [0, 0.05) is 23.3 Å². The van der Waals surface area contributed by atoms with E-state index in [9.17, 15) is 9.59 Å². The first kappa shape index (κ1) is 16.8. The fourth-order valence-corrected chi connectivity index (χ4v) is 2.37. The molecule has 0 saturated heterocycles. The van der Waals surface area contributed by atoms with Gasteiger partial charge in [-0.25, -0.2) is 0 Å². The minimum Gasteiger partial charge on any atom is -0.481 e. The molecule has 5 nitrogen and oxygen atoms in total. The normalized spacial score (nSPS) is 13.1. The monoisotopic (exact) mass is 344 g/mol. The molecule has 1 atom stereocenters. The van der Waals surface area contributed by atoms with Gasteiger partial charge in [-0.2, -0.15) is 0 Å². The maximum Gasteiger partial charge on any atom is 0.305 e. The fourth-order valence-electron chi connectivity index (χ4n) is 1.91. The Kier molecular flexibility index (Phi) is 5.39. The highest BCUT2D eigenvalue weighted by atomic mass is 79.9. The molecule has 0 spiro atoms. The number of hydrogen-bond donors (Lipinski definition) is 2. The average molecular weight is 345 g/mol. The van der Waals surface area contributed by atoms with Crippen molar-refractivity contribution in [1.82, 2.24) is 9.88 Å². The van der Waals surface area contributed by atoms with Crippen LogP contribution in [-0.2, 0) is 11.3 Å². The Labute approximate surface area is 127 Å². The van der Waals surface area contributed by atoms with Crippen molar-refractivity contribution in [2.45, 2.75) is 46.7 Å². The minimum atomic E-state index is -0.919. The van der Waals surface area contributed by atoms with Gasteiger partial charge in [0.05, 0.1) is 6.42 Å². The molecule has 0 radical (unpaired) electrons. The summed E-state index contributed by atoms with van der Waals surface area (Å²) < 4.78 is 2.65. The first-order chi connectivity index (χ1) is 9.15. The van der Waals surface area contributed by atoms with Crippen molar-refractivity contribution in [1.29, 1.82) is 0 Å². The van der Waals surface area contributed by atoms with Gasteiger partial charge in [-0.15, -0.1) is 0 Å². The van der Waals surface area contributed by atoms with Crippen molar-refractivity contribution in [2.24, 2.45) is 5.41 Å². The molecule has 0 saturated carbocycles. The van der Waals surface area contributed by atoms with Gasteiger partial charge in [0.1, 0.15) is 5.69 Å². The van der Waals surface area contributed by atoms with Crippen molar-refractivity contribution in [3.8, 4) is 0 Å². The van der Waals surface area contributed by atoms with Gasteiger partial charge in [0.15, 0.2) is 0 Å². The van der Waals surface area contributed by atoms with E-state index in [0.717, 1.165) is 4.47 Å². The number of nitrogens with one attached hydrogen (secondary N) is 1. The Morgan fingerprint density at radius 1 is 1.45 bits per heavy atom. The van der Waals surface area contributed by atoms with E-state index in [0.29, 0.717) is 12.2 Å². The van der Waals surface area contributed by atoms with E-state index in [-0.39, 0.29) is 17.7 Å². The first-order valence-corrected chi connectivity index (χ1v) is 7.32. The zero-order valence-electron chi connectivity index (χ0n) is 12.2. The van der Waals surface area contributed by atoms with Crippen molar-refractivity contribution in [3.63, 3.8) is 0 Å². The van der Waals surface area contributed by atoms with Crippen LogP contribution >= 0.6 is 15.9 Å². The van der Waals surface area contributed by atoms with Gasteiger partial charge in [0.2, 0.25) is 0 Å². The number of carbonyl (C=O) groups is 2. The van der Waals surface area contributed by atoms with Crippen LogP contribution in [0.3, 0.4) is 0 Å². The zero-order chi connectivity index (χ0) is 15.5. The Morgan fingerprint density at radius 3 is 2.50 bits per heavy atom. The van der Waals surface area contributed by atoms with Gasteiger partial charge in [-0.05, 0) is 34.3 Å². The molecule has 1 unspecified atom stereocenters. The summed E-state index contributed by atoms with van der Waals surface area (Å²) >= 11 is 3.34. The molecule has 1 aromatic heterocycles. The van der Waals surface area contributed by atoms with Crippen LogP contribution in [0.4, 0.5) is 0 Å². The standard InChI is InChI=1S/C14H21BrN2O3/c1-5-17-8-9(15)6-10(17)13(20)16-11(7-12(18)19)14(2,3)4/h6,8,11H,5,7H2,1-4H3,(H,16,20)(H,18,19). The van der Waals surface area contributed by atoms with Gasteiger partial charge < -0.3 is 15.0 Å². The van der Waals surface area contributed by atoms with Gasteiger partial charge in [-0.1, -0.05) is 20.8 Å². The molecule has 0 fully saturated rings. The maximum absolute atomic E-state index is 12.3. The third-order valence-corrected chi connectivity index (χ3v) is 3.60. The predicted octanol–water partition coefficient (Wildman–Crippen LogP) is 2.89. The highest BCUT2D eigenvalue weighted by Gasteiger charge is 2.29. The summed E-state index contributed by atoms with van der Waals surface area (Å²) in [5.41, 5.74) is 0.202. The van der Waals surface area contributed by atoms with E-state index in [4.69, 9.17) is 5.11 Å². The summed E-state index contributed by atoms with van der Waals surface area (Å²) in [6, 6.07) is 1.31.